The minimum Gasteiger partial charge on any atom is -0.464 e. The van der Waals surface area contributed by atoms with Gasteiger partial charge in [0, 0.05) is 12.3 Å². The smallest absolute Gasteiger partial charge is 0.362 e. The molecule has 104 valence electrons. The number of hydrogen-bond acceptors (Lipinski definition) is 4. The van der Waals surface area contributed by atoms with Crippen LogP contribution in [-0.4, -0.2) is 22.9 Å². The van der Waals surface area contributed by atoms with E-state index in [4.69, 9.17) is 0 Å². The van der Waals surface area contributed by atoms with Crippen LogP contribution in [0.4, 0.5) is 0 Å². The standard InChI is InChI=1S/C15H16N2O3/c1-10(2)11-4-6-12(7-5-11)17-9-8-13(18)14(16-17)15(19)20-3/h4-10H,1-3H3. The molecule has 2 aromatic rings. The number of ether oxygens (including phenoxy) is 1. The molecule has 0 amide bonds. The number of esters is 1. The van der Waals surface area contributed by atoms with Crippen LogP contribution in [0.15, 0.2) is 41.3 Å². The van der Waals surface area contributed by atoms with E-state index >= 15 is 0 Å². The van der Waals surface area contributed by atoms with Crippen LogP contribution in [0.1, 0.15) is 35.8 Å². The fourth-order valence-electron chi connectivity index (χ4n) is 1.80. The van der Waals surface area contributed by atoms with Gasteiger partial charge in [0.1, 0.15) is 0 Å². The molecule has 0 N–H and O–H groups in total. The van der Waals surface area contributed by atoms with Crippen LogP contribution in [0.25, 0.3) is 5.69 Å². The van der Waals surface area contributed by atoms with Crippen molar-refractivity contribution < 1.29 is 9.53 Å². The third kappa shape index (κ3) is 2.77. The molecule has 5 nitrogen and oxygen atoms in total. The highest BCUT2D eigenvalue weighted by Crippen LogP contribution is 2.16. The van der Waals surface area contributed by atoms with Crippen LogP contribution in [0.3, 0.4) is 0 Å². The summed E-state index contributed by atoms with van der Waals surface area (Å²) in [5.74, 6) is -0.292. The Bertz CT molecular complexity index is 672. The molecule has 0 saturated carbocycles. The van der Waals surface area contributed by atoms with E-state index in [0.29, 0.717) is 5.92 Å². The first-order valence-corrected chi connectivity index (χ1v) is 6.31. The highest BCUT2D eigenvalue weighted by atomic mass is 16.5. The summed E-state index contributed by atoms with van der Waals surface area (Å²) in [4.78, 5) is 23.0. The van der Waals surface area contributed by atoms with E-state index in [1.165, 1.54) is 29.6 Å². The van der Waals surface area contributed by atoms with Crippen molar-refractivity contribution in [3.05, 3.63) is 58.0 Å². The van der Waals surface area contributed by atoms with Gasteiger partial charge in [-0.3, -0.25) is 4.79 Å². The molecule has 0 bridgehead atoms. The number of nitrogens with zero attached hydrogens (tertiary/aromatic N) is 2. The molecule has 20 heavy (non-hydrogen) atoms. The summed E-state index contributed by atoms with van der Waals surface area (Å²) >= 11 is 0. The monoisotopic (exact) mass is 272 g/mol. The van der Waals surface area contributed by atoms with Gasteiger partial charge in [-0.2, -0.15) is 5.10 Å². The van der Waals surface area contributed by atoms with E-state index in [-0.39, 0.29) is 5.69 Å². The summed E-state index contributed by atoms with van der Waals surface area (Å²) in [6, 6.07) is 9.09. The summed E-state index contributed by atoms with van der Waals surface area (Å²) in [5.41, 5.74) is 1.32. The largest absolute Gasteiger partial charge is 0.464 e. The number of methoxy groups -OCH3 is 1. The Labute approximate surface area is 116 Å². The molecule has 0 aliphatic rings. The maximum Gasteiger partial charge on any atom is 0.362 e. The van der Waals surface area contributed by atoms with Crippen LogP contribution < -0.4 is 5.43 Å². The number of benzene rings is 1. The van der Waals surface area contributed by atoms with E-state index in [2.05, 4.69) is 23.7 Å². The molecule has 1 heterocycles. The van der Waals surface area contributed by atoms with Gasteiger partial charge in [-0.25, -0.2) is 9.48 Å². The fourth-order valence-corrected chi connectivity index (χ4v) is 1.80. The molecule has 1 aromatic carbocycles. The molecular formula is C15H16N2O3. The Morgan fingerprint density at radius 2 is 1.85 bits per heavy atom. The Kier molecular flexibility index (Phi) is 3.98. The van der Waals surface area contributed by atoms with Crippen molar-refractivity contribution in [3.63, 3.8) is 0 Å². The van der Waals surface area contributed by atoms with Crippen molar-refractivity contribution in [2.75, 3.05) is 7.11 Å². The maximum absolute atomic E-state index is 11.6. The van der Waals surface area contributed by atoms with Crippen LogP contribution in [0.2, 0.25) is 0 Å². The van der Waals surface area contributed by atoms with Crippen molar-refractivity contribution in [3.8, 4) is 5.69 Å². The third-order valence-corrected chi connectivity index (χ3v) is 3.01. The van der Waals surface area contributed by atoms with Gasteiger partial charge in [0.15, 0.2) is 0 Å². The molecule has 0 atom stereocenters. The third-order valence-electron chi connectivity index (χ3n) is 3.01. The minimum atomic E-state index is -0.733. The topological polar surface area (TPSA) is 61.2 Å². The van der Waals surface area contributed by atoms with Crippen molar-refractivity contribution in [1.82, 2.24) is 9.78 Å². The molecule has 0 fully saturated rings. The van der Waals surface area contributed by atoms with Gasteiger partial charge in [0.2, 0.25) is 11.1 Å². The lowest BCUT2D eigenvalue weighted by Gasteiger charge is -2.09. The van der Waals surface area contributed by atoms with Crippen molar-refractivity contribution >= 4 is 5.97 Å². The summed E-state index contributed by atoms with van der Waals surface area (Å²) in [7, 11) is 1.22. The molecule has 0 radical (unpaired) electrons. The van der Waals surface area contributed by atoms with E-state index in [9.17, 15) is 9.59 Å². The highest BCUT2D eigenvalue weighted by Gasteiger charge is 2.13. The number of hydrogen-bond donors (Lipinski definition) is 0. The SMILES string of the molecule is COC(=O)c1nn(-c2ccc(C(C)C)cc2)ccc1=O. The second-order valence-electron chi connectivity index (χ2n) is 4.71. The number of aromatic nitrogens is 2. The van der Waals surface area contributed by atoms with Crippen LogP contribution in [0.5, 0.6) is 0 Å². The fraction of sp³-hybridized carbons (Fsp3) is 0.267. The lowest BCUT2D eigenvalue weighted by Crippen LogP contribution is -2.21. The summed E-state index contributed by atoms with van der Waals surface area (Å²) < 4.78 is 6.03. The maximum atomic E-state index is 11.6. The average Bonchev–Trinajstić information content (AvgIpc) is 2.47. The summed E-state index contributed by atoms with van der Waals surface area (Å²) in [5, 5.41) is 4.02. The Balaban J connectivity index is 2.43. The van der Waals surface area contributed by atoms with Gasteiger partial charge in [0.25, 0.3) is 0 Å². The van der Waals surface area contributed by atoms with Gasteiger partial charge in [-0.15, -0.1) is 0 Å². The molecule has 0 spiro atoms. The lowest BCUT2D eigenvalue weighted by molar-refractivity contribution is 0.0590. The highest BCUT2D eigenvalue weighted by molar-refractivity contribution is 5.86. The van der Waals surface area contributed by atoms with E-state index in [1.54, 1.807) is 0 Å². The lowest BCUT2D eigenvalue weighted by atomic mass is 10.0. The van der Waals surface area contributed by atoms with Gasteiger partial charge in [0.05, 0.1) is 12.8 Å². The van der Waals surface area contributed by atoms with Crippen LogP contribution in [-0.2, 0) is 4.74 Å². The van der Waals surface area contributed by atoms with Gasteiger partial charge in [-0.1, -0.05) is 26.0 Å². The van der Waals surface area contributed by atoms with E-state index in [0.717, 1.165) is 5.69 Å². The number of carbonyl (C=O) groups is 1. The molecule has 0 aliphatic heterocycles. The Morgan fingerprint density at radius 3 is 2.40 bits per heavy atom. The second kappa shape index (κ2) is 5.69. The Morgan fingerprint density at radius 1 is 1.20 bits per heavy atom. The molecule has 0 aliphatic carbocycles. The molecule has 5 heteroatoms. The first kappa shape index (κ1) is 14.0. The zero-order valence-corrected chi connectivity index (χ0v) is 11.7. The molecule has 0 unspecified atom stereocenters. The normalized spacial score (nSPS) is 10.6. The quantitative estimate of drug-likeness (QED) is 0.803. The number of rotatable bonds is 3. The first-order valence-electron chi connectivity index (χ1n) is 6.31. The van der Waals surface area contributed by atoms with Crippen molar-refractivity contribution in [2.24, 2.45) is 0 Å². The molecule has 0 saturated heterocycles. The predicted octanol–water partition coefficient (Wildman–Crippen LogP) is 2.14. The van der Waals surface area contributed by atoms with Crippen molar-refractivity contribution in [1.29, 1.82) is 0 Å². The molecular weight excluding hydrogens is 256 g/mol. The first-order chi connectivity index (χ1) is 9.52. The Hall–Kier alpha value is -2.43. The summed E-state index contributed by atoms with van der Waals surface area (Å²) in [6.07, 6.45) is 1.53. The molecule has 1 aromatic heterocycles. The predicted molar refractivity (Wildman–Crippen MR) is 75.3 cm³/mol. The summed E-state index contributed by atoms with van der Waals surface area (Å²) in [6.45, 7) is 4.23. The van der Waals surface area contributed by atoms with Crippen LogP contribution >= 0.6 is 0 Å². The van der Waals surface area contributed by atoms with Gasteiger partial charge >= 0.3 is 5.97 Å². The van der Waals surface area contributed by atoms with Crippen molar-refractivity contribution in [2.45, 2.75) is 19.8 Å². The zero-order valence-electron chi connectivity index (χ0n) is 11.7. The zero-order chi connectivity index (χ0) is 14.7. The molecule has 2 rings (SSSR count). The average molecular weight is 272 g/mol. The minimum absolute atomic E-state index is 0.220. The van der Waals surface area contributed by atoms with Gasteiger partial charge < -0.3 is 4.74 Å². The second-order valence-corrected chi connectivity index (χ2v) is 4.71. The van der Waals surface area contributed by atoms with E-state index in [1.807, 2.05) is 24.3 Å². The number of carbonyl (C=O) groups excluding carboxylic acids is 1. The van der Waals surface area contributed by atoms with E-state index < -0.39 is 11.4 Å². The van der Waals surface area contributed by atoms with Gasteiger partial charge in [-0.05, 0) is 23.6 Å². The van der Waals surface area contributed by atoms with Crippen LogP contribution in [0, 0.1) is 0 Å².